The monoisotopic (exact) mass is 252 g/mol. The number of aryl methyl sites for hydroxylation is 2. The standard InChI is InChI=1S/C17H20N2/c1-12-9-10-15(18)17(11-12)19-16-8-4-6-13-5-2-3-7-14(13)16/h2-3,5,7,9-11,16,19H,4,6,8,18H2,1H3. The van der Waals surface area contributed by atoms with Crippen LogP contribution in [-0.4, -0.2) is 0 Å². The van der Waals surface area contributed by atoms with E-state index >= 15 is 0 Å². The molecular weight excluding hydrogens is 232 g/mol. The lowest BCUT2D eigenvalue weighted by atomic mass is 9.87. The van der Waals surface area contributed by atoms with Crippen molar-refractivity contribution in [1.29, 1.82) is 0 Å². The average Bonchev–Trinajstić information content (AvgIpc) is 2.43. The molecule has 1 unspecified atom stereocenters. The number of nitrogens with one attached hydrogen (secondary N) is 1. The molecule has 2 aromatic carbocycles. The Morgan fingerprint density at radius 2 is 2.00 bits per heavy atom. The van der Waals surface area contributed by atoms with E-state index in [9.17, 15) is 0 Å². The maximum Gasteiger partial charge on any atom is 0.0581 e. The molecule has 0 spiro atoms. The molecule has 98 valence electrons. The van der Waals surface area contributed by atoms with Gasteiger partial charge in [0.15, 0.2) is 0 Å². The summed E-state index contributed by atoms with van der Waals surface area (Å²) < 4.78 is 0. The Balaban J connectivity index is 1.90. The minimum atomic E-state index is 0.383. The molecule has 0 radical (unpaired) electrons. The lowest BCUT2D eigenvalue weighted by Gasteiger charge is -2.27. The van der Waals surface area contributed by atoms with Crippen molar-refractivity contribution in [2.24, 2.45) is 0 Å². The molecule has 1 aliphatic carbocycles. The van der Waals surface area contributed by atoms with Gasteiger partial charge in [-0.2, -0.15) is 0 Å². The predicted molar refractivity (Wildman–Crippen MR) is 81.3 cm³/mol. The Bertz CT molecular complexity index is 590. The van der Waals surface area contributed by atoms with E-state index in [0.717, 1.165) is 11.4 Å². The van der Waals surface area contributed by atoms with Crippen molar-refractivity contribution in [1.82, 2.24) is 0 Å². The highest BCUT2D eigenvalue weighted by molar-refractivity contribution is 5.67. The molecule has 0 fully saturated rings. The van der Waals surface area contributed by atoms with Crippen LogP contribution in [0.15, 0.2) is 42.5 Å². The molecule has 1 aliphatic rings. The van der Waals surface area contributed by atoms with E-state index in [1.807, 2.05) is 6.07 Å². The van der Waals surface area contributed by atoms with Crippen LogP contribution < -0.4 is 11.1 Å². The van der Waals surface area contributed by atoms with Crippen molar-refractivity contribution in [2.75, 3.05) is 11.1 Å². The Hall–Kier alpha value is -1.96. The van der Waals surface area contributed by atoms with Crippen molar-refractivity contribution >= 4 is 11.4 Å². The van der Waals surface area contributed by atoms with Crippen molar-refractivity contribution in [2.45, 2.75) is 32.2 Å². The molecule has 0 amide bonds. The first kappa shape index (κ1) is 12.1. The van der Waals surface area contributed by atoms with Crippen molar-refractivity contribution < 1.29 is 0 Å². The van der Waals surface area contributed by atoms with Crippen LogP contribution in [0.3, 0.4) is 0 Å². The van der Waals surface area contributed by atoms with Crippen molar-refractivity contribution in [3.63, 3.8) is 0 Å². The van der Waals surface area contributed by atoms with Gasteiger partial charge in [0.25, 0.3) is 0 Å². The summed E-state index contributed by atoms with van der Waals surface area (Å²) in [6.45, 7) is 2.10. The zero-order chi connectivity index (χ0) is 13.2. The van der Waals surface area contributed by atoms with Gasteiger partial charge < -0.3 is 11.1 Å². The van der Waals surface area contributed by atoms with Gasteiger partial charge in [-0.1, -0.05) is 30.3 Å². The molecular formula is C17H20N2. The molecule has 0 saturated heterocycles. The maximum absolute atomic E-state index is 6.06. The summed E-state index contributed by atoms with van der Waals surface area (Å²) >= 11 is 0. The van der Waals surface area contributed by atoms with Gasteiger partial charge in [0.2, 0.25) is 0 Å². The molecule has 0 aromatic heterocycles. The normalized spacial score (nSPS) is 17.8. The van der Waals surface area contributed by atoms with E-state index in [0.29, 0.717) is 6.04 Å². The first-order valence-corrected chi connectivity index (χ1v) is 6.94. The number of nitrogen functional groups attached to an aromatic ring is 1. The largest absolute Gasteiger partial charge is 0.397 e. The zero-order valence-electron chi connectivity index (χ0n) is 11.3. The molecule has 2 aromatic rings. The SMILES string of the molecule is Cc1ccc(N)c(NC2CCCc3ccccc32)c1. The lowest BCUT2D eigenvalue weighted by molar-refractivity contribution is 0.600. The van der Waals surface area contributed by atoms with E-state index in [1.165, 1.54) is 36.0 Å². The molecule has 0 heterocycles. The fourth-order valence-corrected chi connectivity index (χ4v) is 2.89. The van der Waals surface area contributed by atoms with Crippen LogP contribution in [0.1, 0.15) is 35.6 Å². The minimum Gasteiger partial charge on any atom is -0.397 e. The highest BCUT2D eigenvalue weighted by Gasteiger charge is 2.19. The minimum absolute atomic E-state index is 0.383. The summed E-state index contributed by atoms with van der Waals surface area (Å²) in [7, 11) is 0. The van der Waals surface area contributed by atoms with Gasteiger partial charge in [-0.15, -0.1) is 0 Å². The summed E-state index contributed by atoms with van der Waals surface area (Å²) in [6.07, 6.45) is 3.60. The second kappa shape index (κ2) is 4.96. The molecule has 3 rings (SSSR count). The van der Waals surface area contributed by atoms with Crippen molar-refractivity contribution in [3.05, 3.63) is 59.2 Å². The molecule has 0 aliphatic heterocycles. The predicted octanol–water partition coefficient (Wildman–Crippen LogP) is 4.07. The quantitative estimate of drug-likeness (QED) is 0.791. The number of hydrogen-bond donors (Lipinski definition) is 2. The smallest absolute Gasteiger partial charge is 0.0581 e. The van der Waals surface area contributed by atoms with Gasteiger partial charge in [0.05, 0.1) is 17.4 Å². The molecule has 1 atom stereocenters. The summed E-state index contributed by atoms with van der Waals surface area (Å²) in [4.78, 5) is 0. The third-order valence-corrected chi connectivity index (χ3v) is 3.91. The summed E-state index contributed by atoms with van der Waals surface area (Å²) in [5.74, 6) is 0. The Morgan fingerprint density at radius 1 is 1.16 bits per heavy atom. The van der Waals surface area contributed by atoms with Crippen LogP contribution in [0.5, 0.6) is 0 Å². The number of fused-ring (bicyclic) bond motifs is 1. The first-order valence-electron chi connectivity index (χ1n) is 6.94. The van der Waals surface area contributed by atoms with Gasteiger partial charge in [-0.25, -0.2) is 0 Å². The zero-order valence-corrected chi connectivity index (χ0v) is 11.3. The lowest BCUT2D eigenvalue weighted by Crippen LogP contribution is -2.17. The average molecular weight is 252 g/mol. The third kappa shape index (κ3) is 2.43. The molecule has 3 N–H and O–H groups in total. The van der Waals surface area contributed by atoms with E-state index in [4.69, 9.17) is 5.73 Å². The van der Waals surface area contributed by atoms with Gasteiger partial charge >= 0.3 is 0 Å². The third-order valence-electron chi connectivity index (χ3n) is 3.91. The molecule has 19 heavy (non-hydrogen) atoms. The van der Waals surface area contributed by atoms with E-state index in [2.05, 4.69) is 48.6 Å². The van der Waals surface area contributed by atoms with Crippen LogP contribution in [0, 0.1) is 6.92 Å². The topological polar surface area (TPSA) is 38.0 Å². The van der Waals surface area contributed by atoms with Gasteiger partial charge in [0.1, 0.15) is 0 Å². The molecule has 2 heteroatoms. The van der Waals surface area contributed by atoms with Gasteiger partial charge in [0, 0.05) is 0 Å². The van der Waals surface area contributed by atoms with Crippen LogP contribution in [-0.2, 0) is 6.42 Å². The summed E-state index contributed by atoms with van der Waals surface area (Å²) in [5.41, 5.74) is 12.1. The second-order valence-electron chi connectivity index (χ2n) is 5.38. The Morgan fingerprint density at radius 3 is 2.89 bits per heavy atom. The van der Waals surface area contributed by atoms with E-state index in [1.54, 1.807) is 0 Å². The highest BCUT2D eigenvalue weighted by atomic mass is 14.9. The van der Waals surface area contributed by atoms with Crippen LogP contribution >= 0.6 is 0 Å². The summed E-state index contributed by atoms with van der Waals surface area (Å²) in [6, 6.07) is 15.3. The fraction of sp³-hybridized carbons (Fsp3) is 0.294. The van der Waals surface area contributed by atoms with E-state index in [-0.39, 0.29) is 0 Å². The number of hydrogen-bond acceptors (Lipinski definition) is 2. The van der Waals surface area contributed by atoms with Crippen LogP contribution in [0.25, 0.3) is 0 Å². The van der Waals surface area contributed by atoms with Gasteiger partial charge in [-0.05, 0) is 55.0 Å². The fourth-order valence-electron chi connectivity index (χ4n) is 2.89. The van der Waals surface area contributed by atoms with Crippen LogP contribution in [0.2, 0.25) is 0 Å². The highest BCUT2D eigenvalue weighted by Crippen LogP contribution is 2.34. The number of rotatable bonds is 2. The number of benzene rings is 2. The summed E-state index contributed by atoms with van der Waals surface area (Å²) in [5, 5.41) is 3.62. The first-order chi connectivity index (χ1) is 9.24. The number of anilines is 2. The Labute approximate surface area is 114 Å². The second-order valence-corrected chi connectivity index (χ2v) is 5.38. The maximum atomic E-state index is 6.06. The van der Waals surface area contributed by atoms with Crippen LogP contribution in [0.4, 0.5) is 11.4 Å². The van der Waals surface area contributed by atoms with Gasteiger partial charge in [-0.3, -0.25) is 0 Å². The number of nitrogens with two attached hydrogens (primary N) is 1. The van der Waals surface area contributed by atoms with E-state index < -0.39 is 0 Å². The molecule has 0 saturated carbocycles. The van der Waals surface area contributed by atoms with Crippen molar-refractivity contribution in [3.8, 4) is 0 Å². The molecule has 2 nitrogen and oxygen atoms in total. The Kier molecular flexibility index (Phi) is 3.16. The molecule has 0 bridgehead atoms.